The van der Waals surface area contributed by atoms with E-state index in [0.717, 1.165) is 4.68 Å². The summed E-state index contributed by atoms with van der Waals surface area (Å²) in [7, 11) is 0. The van der Waals surface area contributed by atoms with Gasteiger partial charge in [0.05, 0.1) is 0 Å². The lowest BCUT2D eigenvalue weighted by Crippen LogP contribution is -2.04. The van der Waals surface area contributed by atoms with Crippen LogP contribution in [0.4, 0.5) is 10.2 Å². The van der Waals surface area contributed by atoms with Crippen molar-refractivity contribution in [1.82, 2.24) is 15.0 Å². The molecule has 0 bridgehead atoms. The third-order valence-corrected chi connectivity index (χ3v) is 1.92. The molecule has 0 atom stereocenters. The second kappa shape index (κ2) is 3.49. The monoisotopic (exact) mass is 206 g/mol. The molecule has 1 aromatic heterocycles. The summed E-state index contributed by atoms with van der Waals surface area (Å²) in [5.41, 5.74) is 5.72. The number of rotatable bonds is 2. The van der Waals surface area contributed by atoms with Crippen molar-refractivity contribution in [2.75, 3.05) is 5.73 Å². The highest BCUT2D eigenvalue weighted by Crippen LogP contribution is 2.16. The zero-order chi connectivity index (χ0) is 10.8. The van der Waals surface area contributed by atoms with Gasteiger partial charge < -0.3 is 5.73 Å². The van der Waals surface area contributed by atoms with Gasteiger partial charge >= 0.3 is 0 Å². The molecule has 0 spiro atoms. The molecular weight excluding hydrogens is 199 g/mol. The van der Waals surface area contributed by atoms with Gasteiger partial charge in [0.15, 0.2) is 17.8 Å². The molecule has 6 heteroatoms. The van der Waals surface area contributed by atoms with E-state index in [-0.39, 0.29) is 17.2 Å². The molecule has 0 fully saturated rings. The first-order chi connectivity index (χ1) is 7.24. The summed E-state index contributed by atoms with van der Waals surface area (Å²) in [6.45, 7) is 0. The molecule has 0 unspecified atom stereocenters. The molecule has 0 amide bonds. The summed E-state index contributed by atoms with van der Waals surface area (Å²) in [6, 6.07) is 5.96. The van der Waals surface area contributed by atoms with Crippen molar-refractivity contribution >= 4 is 12.1 Å². The number of para-hydroxylation sites is 1. The van der Waals surface area contributed by atoms with Crippen LogP contribution in [0.1, 0.15) is 10.5 Å². The fourth-order valence-corrected chi connectivity index (χ4v) is 1.19. The third-order valence-electron chi connectivity index (χ3n) is 1.92. The highest BCUT2D eigenvalue weighted by atomic mass is 19.1. The number of aromatic nitrogens is 3. The van der Waals surface area contributed by atoms with E-state index in [2.05, 4.69) is 10.3 Å². The zero-order valence-corrected chi connectivity index (χ0v) is 7.59. The van der Waals surface area contributed by atoms with E-state index >= 15 is 0 Å². The maximum Gasteiger partial charge on any atom is 0.174 e. The average Bonchev–Trinajstić information content (AvgIpc) is 2.60. The van der Waals surface area contributed by atoms with Gasteiger partial charge in [-0.3, -0.25) is 4.79 Å². The molecule has 5 nitrogen and oxygen atoms in total. The van der Waals surface area contributed by atoms with Gasteiger partial charge in [0.1, 0.15) is 11.5 Å². The summed E-state index contributed by atoms with van der Waals surface area (Å²) >= 11 is 0. The molecule has 76 valence electrons. The van der Waals surface area contributed by atoms with E-state index in [1.807, 2.05) is 0 Å². The minimum absolute atomic E-state index is 0.00162. The number of nitrogens with two attached hydrogens (primary N) is 1. The van der Waals surface area contributed by atoms with Gasteiger partial charge in [0.25, 0.3) is 0 Å². The second-order valence-corrected chi connectivity index (χ2v) is 2.84. The number of hydrogen-bond donors (Lipinski definition) is 1. The normalized spacial score (nSPS) is 10.2. The summed E-state index contributed by atoms with van der Waals surface area (Å²) in [4.78, 5) is 10.5. The van der Waals surface area contributed by atoms with Crippen LogP contribution in [0.2, 0.25) is 0 Å². The molecule has 0 aliphatic heterocycles. The number of nitrogens with zero attached hydrogens (tertiary/aromatic N) is 3. The van der Waals surface area contributed by atoms with Gasteiger partial charge in [-0.05, 0) is 12.1 Å². The minimum atomic E-state index is -0.480. The maximum atomic E-state index is 13.3. The Morgan fingerprint density at radius 3 is 2.73 bits per heavy atom. The molecule has 1 aromatic carbocycles. The molecule has 0 saturated heterocycles. The van der Waals surface area contributed by atoms with Crippen LogP contribution in [0, 0.1) is 5.82 Å². The number of carbonyl (C=O) groups is 1. The Bertz CT molecular complexity index is 509. The van der Waals surface area contributed by atoms with Crippen LogP contribution in [-0.4, -0.2) is 21.3 Å². The predicted octanol–water partition coefficient (Wildman–Crippen LogP) is 0.801. The van der Waals surface area contributed by atoms with Crippen LogP contribution in [0.3, 0.4) is 0 Å². The number of nitrogen functional groups attached to an aromatic ring is 1. The number of hydrogen-bond acceptors (Lipinski definition) is 4. The smallest absolute Gasteiger partial charge is 0.174 e. The van der Waals surface area contributed by atoms with Crippen LogP contribution >= 0.6 is 0 Å². The number of aldehydes is 1. The zero-order valence-electron chi connectivity index (χ0n) is 7.59. The first-order valence-corrected chi connectivity index (χ1v) is 4.15. The Morgan fingerprint density at radius 1 is 1.40 bits per heavy atom. The summed E-state index contributed by atoms with van der Waals surface area (Å²) in [6.07, 6.45) is 0.472. The fraction of sp³-hybridized carbons (Fsp3) is 0. The molecule has 2 rings (SSSR count). The van der Waals surface area contributed by atoms with E-state index in [1.165, 1.54) is 12.1 Å². The summed E-state index contributed by atoms with van der Waals surface area (Å²) < 4.78 is 14.4. The van der Waals surface area contributed by atoms with E-state index < -0.39 is 5.82 Å². The van der Waals surface area contributed by atoms with Crippen molar-refractivity contribution in [1.29, 1.82) is 0 Å². The highest BCUT2D eigenvalue weighted by Gasteiger charge is 2.12. The number of anilines is 1. The van der Waals surface area contributed by atoms with Crippen LogP contribution in [0.25, 0.3) is 5.69 Å². The Labute approximate surface area is 84.3 Å². The quantitative estimate of drug-likeness (QED) is 0.737. The molecule has 0 radical (unpaired) electrons. The molecule has 2 N–H and O–H groups in total. The number of halogens is 1. The van der Waals surface area contributed by atoms with Crippen molar-refractivity contribution in [2.24, 2.45) is 0 Å². The van der Waals surface area contributed by atoms with Crippen molar-refractivity contribution in [3.05, 3.63) is 35.8 Å². The lowest BCUT2D eigenvalue weighted by molar-refractivity contribution is 0.112. The summed E-state index contributed by atoms with van der Waals surface area (Å²) in [5, 5.41) is 7.09. The van der Waals surface area contributed by atoms with Crippen LogP contribution in [0.15, 0.2) is 24.3 Å². The first-order valence-electron chi connectivity index (χ1n) is 4.15. The third kappa shape index (κ3) is 1.45. The van der Waals surface area contributed by atoms with Gasteiger partial charge in [-0.15, -0.1) is 5.10 Å². The van der Waals surface area contributed by atoms with Gasteiger partial charge in [-0.1, -0.05) is 17.3 Å². The van der Waals surface area contributed by atoms with E-state index in [9.17, 15) is 9.18 Å². The van der Waals surface area contributed by atoms with Crippen molar-refractivity contribution < 1.29 is 9.18 Å². The molecule has 0 aliphatic carbocycles. The molecule has 15 heavy (non-hydrogen) atoms. The van der Waals surface area contributed by atoms with Gasteiger partial charge in [-0.25, -0.2) is 4.39 Å². The Kier molecular flexibility index (Phi) is 2.17. The lowest BCUT2D eigenvalue weighted by Gasteiger charge is -2.02. The van der Waals surface area contributed by atoms with E-state index in [0.29, 0.717) is 6.29 Å². The molecular formula is C9H7FN4O. The topological polar surface area (TPSA) is 73.8 Å². The Hall–Kier alpha value is -2.24. The SMILES string of the molecule is Nc1c(C=O)nnn1-c1ccccc1F. The van der Waals surface area contributed by atoms with Crippen molar-refractivity contribution in [3.8, 4) is 5.69 Å². The minimum Gasteiger partial charge on any atom is -0.382 e. The molecule has 0 aliphatic rings. The van der Waals surface area contributed by atoms with Crippen LogP contribution in [-0.2, 0) is 0 Å². The second-order valence-electron chi connectivity index (χ2n) is 2.84. The lowest BCUT2D eigenvalue weighted by atomic mass is 10.3. The molecule has 2 aromatic rings. The Balaban J connectivity index is 2.59. The van der Waals surface area contributed by atoms with Crippen molar-refractivity contribution in [3.63, 3.8) is 0 Å². The highest BCUT2D eigenvalue weighted by molar-refractivity contribution is 5.79. The van der Waals surface area contributed by atoms with E-state index in [4.69, 9.17) is 5.73 Å². The predicted molar refractivity (Wildman–Crippen MR) is 51.1 cm³/mol. The fourth-order valence-electron chi connectivity index (χ4n) is 1.19. The first kappa shape index (κ1) is 9.32. The largest absolute Gasteiger partial charge is 0.382 e. The Morgan fingerprint density at radius 2 is 2.13 bits per heavy atom. The molecule has 0 saturated carbocycles. The average molecular weight is 206 g/mol. The van der Waals surface area contributed by atoms with Crippen LogP contribution in [0.5, 0.6) is 0 Å². The molecule has 1 heterocycles. The maximum absolute atomic E-state index is 13.3. The van der Waals surface area contributed by atoms with Gasteiger partial charge in [-0.2, -0.15) is 4.68 Å². The van der Waals surface area contributed by atoms with Gasteiger partial charge in [0, 0.05) is 0 Å². The standard InChI is InChI=1S/C9H7FN4O/c10-6-3-1-2-4-8(6)14-9(11)7(5-15)12-13-14/h1-5H,11H2. The van der Waals surface area contributed by atoms with Gasteiger partial charge in [0.2, 0.25) is 0 Å². The van der Waals surface area contributed by atoms with E-state index in [1.54, 1.807) is 12.1 Å². The van der Waals surface area contributed by atoms with Crippen LogP contribution < -0.4 is 5.73 Å². The van der Waals surface area contributed by atoms with Crippen molar-refractivity contribution in [2.45, 2.75) is 0 Å². The number of benzene rings is 1. The number of carbonyl (C=O) groups excluding carboxylic acids is 1. The summed E-state index contributed by atoms with van der Waals surface area (Å²) in [5.74, 6) is -0.457.